The highest BCUT2D eigenvalue weighted by molar-refractivity contribution is 5.89. The summed E-state index contributed by atoms with van der Waals surface area (Å²) in [5.74, 6) is -1.48. The van der Waals surface area contributed by atoms with Crippen LogP contribution in [-0.4, -0.2) is 29.8 Å². The van der Waals surface area contributed by atoms with Crippen molar-refractivity contribution in [3.8, 4) is 0 Å². The van der Waals surface area contributed by atoms with Gasteiger partial charge in [-0.15, -0.1) is 0 Å². The van der Waals surface area contributed by atoms with Crippen LogP contribution in [0, 0.1) is 0 Å². The lowest BCUT2D eigenvalue weighted by atomic mass is 9.90. The number of carbonyl (C=O) groups is 2. The Morgan fingerprint density at radius 2 is 2.12 bits per heavy atom. The third-order valence-corrected chi connectivity index (χ3v) is 2.74. The lowest BCUT2D eigenvalue weighted by molar-refractivity contribution is -0.168. The van der Waals surface area contributed by atoms with Gasteiger partial charge in [-0.3, -0.25) is 4.79 Å². The Balaban J connectivity index is 2.38. The molecule has 0 bridgehead atoms. The largest absolute Gasteiger partial charge is 0.467 e. The summed E-state index contributed by atoms with van der Waals surface area (Å²) in [6, 6.07) is 8.62. The maximum Gasteiger partial charge on any atom is 0.342 e. The van der Waals surface area contributed by atoms with Crippen LogP contribution in [0.1, 0.15) is 18.1 Å². The molecule has 1 N–H and O–H groups in total. The molecule has 1 heterocycles. The smallest absolute Gasteiger partial charge is 0.342 e. The van der Waals surface area contributed by atoms with Crippen molar-refractivity contribution in [2.75, 3.05) is 7.11 Å². The highest BCUT2D eigenvalue weighted by Crippen LogP contribution is 2.39. The first-order valence-electron chi connectivity index (χ1n) is 5.13. The first-order chi connectivity index (χ1) is 8.08. The molecule has 90 valence electrons. The fraction of sp³-hybridized carbons (Fsp3) is 0.333. The van der Waals surface area contributed by atoms with E-state index in [1.54, 1.807) is 30.3 Å². The van der Waals surface area contributed by atoms with Crippen LogP contribution in [-0.2, 0) is 19.1 Å². The van der Waals surface area contributed by atoms with E-state index < -0.39 is 23.6 Å². The third-order valence-electron chi connectivity index (χ3n) is 2.74. The van der Waals surface area contributed by atoms with Crippen LogP contribution < -0.4 is 0 Å². The maximum atomic E-state index is 11.6. The van der Waals surface area contributed by atoms with Crippen LogP contribution in [0.2, 0.25) is 0 Å². The van der Waals surface area contributed by atoms with E-state index in [-0.39, 0.29) is 6.42 Å². The molecule has 2 rings (SSSR count). The normalized spacial score (nSPS) is 27.6. The van der Waals surface area contributed by atoms with E-state index in [1.165, 1.54) is 0 Å². The molecule has 5 heteroatoms. The maximum absolute atomic E-state index is 11.6. The molecule has 0 amide bonds. The average Bonchev–Trinajstić information content (AvgIpc) is 2.66. The van der Waals surface area contributed by atoms with Gasteiger partial charge in [-0.2, -0.15) is 0 Å². The number of cyclic esters (lactones) is 1. The lowest BCUT2D eigenvalue weighted by Gasteiger charge is -2.24. The first kappa shape index (κ1) is 11.6. The molecule has 17 heavy (non-hydrogen) atoms. The minimum Gasteiger partial charge on any atom is -0.467 e. The Bertz CT molecular complexity index is 441. The number of hydrogen-bond donors (Lipinski definition) is 1. The van der Waals surface area contributed by atoms with Gasteiger partial charge in [0.1, 0.15) is 0 Å². The van der Waals surface area contributed by atoms with Crippen LogP contribution in [0.3, 0.4) is 0 Å². The highest BCUT2D eigenvalue weighted by atomic mass is 16.6. The second-order valence-electron chi connectivity index (χ2n) is 3.87. The SMILES string of the molecule is COC(=O)[C@]1(O)CC(=O)O[C@H]1c1ccccc1. The molecule has 0 aromatic heterocycles. The summed E-state index contributed by atoms with van der Waals surface area (Å²) in [6.07, 6.45) is -1.40. The van der Waals surface area contributed by atoms with E-state index in [9.17, 15) is 14.7 Å². The van der Waals surface area contributed by atoms with Gasteiger partial charge in [0.25, 0.3) is 0 Å². The highest BCUT2D eigenvalue weighted by Gasteiger charge is 2.55. The Morgan fingerprint density at radius 1 is 1.47 bits per heavy atom. The molecule has 0 radical (unpaired) electrons. The Morgan fingerprint density at radius 3 is 2.71 bits per heavy atom. The summed E-state index contributed by atoms with van der Waals surface area (Å²) in [4.78, 5) is 22.8. The molecule has 1 fully saturated rings. The molecule has 1 aliphatic heterocycles. The van der Waals surface area contributed by atoms with E-state index >= 15 is 0 Å². The molecule has 0 saturated carbocycles. The van der Waals surface area contributed by atoms with Gasteiger partial charge in [0.2, 0.25) is 5.60 Å². The molecule has 0 unspecified atom stereocenters. The van der Waals surface area contributed by atoms with Crippen molar-refractivity contribution in [3.63, 3.8) is 0 Å². The second kappa shape index (κ2) is 4.18. The van der Waals surface area contributed by atoms with E-state index in [4.69, 9.17) is 4.74 Å². The summed E-state index contributed by atoms with van der Waals surface area (Å²) in [6.45, 7) is 0. The summed E-state index contributed by atoms with van der Waals surface area (Å²) < 4.78 is 9.51. The quantitative estimate of drug-likeness (QED) is 0.760. The molecule has 1 aromatic carbocycles. The van der Waals surface area contributed by atoms with Crippen molar-refractivity contribution in [2.24, 2.45) is 0 Å². The standard InChI is InChI=1S/C12H12O5/c1-16-11(14)12(15)7-9(13)17-10(12)8-5-3-2-4-6-8/h2-6,10,15H,7H2,1H3/t10-,12-/m0/s1. The molecular weight excluding hydrogens is 224 g/mol. The van der Waals surface area contributed by atoms with E-state index in [0.29, 0.717) is 5.56 Å². The van der Waals surface area contributed by atoms with Gasteiger partial charge >= 0.3 is 11.9 Å². The number of benzene rings is 1. The molecule has 0 aliphatic carbocycles. The van der Waals surface area contributed by atoms with Crippen molar-refractivity contribution in [2.45, 2.75) is 18.1 Å². The van der Waals surface area contributed by atoms with Crippen LogP contribution in [0.25, 0.3) is 0 Å². The predicted octanol–water partition coefficient (Wildman–Crippen LogP) is 0.579. The number of rotatable bonds is 2. The second-order valence-corrected chi connectivity index (χ2v) is 3.87. The van der Waals surface area contributed by atoms with Crippen molar-refractivity contribution < 1.29 is 24.2 Å². The van der Waals surface area contributed by atoms with Crippen LogP contribution in [0.5, 0.6) is 0 Å². The van der Waals surface area contributed by atoms with Gasteiger partial charge in [0.15, 0.2) is 6.10 Å². The first-order valence-corrected chi connectivity index (χ1v) is 5.13. The zero-order valence-electron chi connectivity index (χ0n) is 9.25. The lowest BCUT2D eigenvalue weighted by Crippen LogP contribution is -2.42. The van der Waals surface area contributed by atoms with Gasteiger partial charge in [0.05, 0.1) is 13.5 Å². The molecule has 0 spiro atoms. The van der Waals surface area contributed by atoms with E-state index in [1.807, 2.05) is 0 Å². The van der Waals surface area contributed by atoms with Crippen molar-refractivity contribution in [1.29, 1.82) is 0 Å². The summed E-state index contributed by atoms with van der Waals surface area (Å²) in [5.41, 5.74) is -1.38. The van der Waals surface area contributed by atoms with Crippen molar-refractivity contribution >= 4 is 11.9 Å². The summed E-state index contributed by atoms with van der Waals surface area (Å²) >= 11 is 0. The number of carbonyl (C=O) groups excluding carboxylic acids is 2. The topological polar surface area (TPSA) is 72.8 Å². The predicted molar refractivity (Wildman–Crippen MR) is 56.9 cm³/mol. The van der Waals surface area contributed by atoms with Gasteiger partial charge in [-0.05, 0) is 5.56 Å². The van der Waals surface area contributed by atoms with Gasteiger partial charge in [-0.25, -0.2) is 4.79 Å². The summed E-state index contributed by atoms with van der Waals surface area (Å²) in [5, 5.41) is 10.2. The number of ether oxygens (including phenoxy) is 2. The van der Waals surface area contributed by atoms with E-state index in [0.717, 1.165) is 7.11 Å². The van der Waals surface area contributed by atoms with Gasteiger partial charge in [-0.1, -0.05) is 30.3 Å². The van der Waals surface area contributed by atoms with Crippen LogP contribution in [0.15, 0.2) is 30.3 Å². The zero-order valence-corrected chi connectivity index (χ0v) is 9.25. The van der Waals surface area contributed by atoms with Gasteiger partial charge in [0, 0.05) is 0 Å². The van der Waals surface area contributed by atoms with Crippen LogP contribution >= 0.6 is 0 Å². The molecule has 1 aromatic rings. The number of hydrogen-bond acceptors (Lipinski definition) is 5. The zero-order chi connectivity index (χ0) is 12.5. The molecule has 1 saturated heterocycles. The Labute approximate surface area is 98.0 Å². The minimum absolute atomic E-state index is 0.390. The monoisotopic (exact) mass is 236 g/mol. The van der Waals surface area contributed by atoms with Crippen molar-refractivity contribution in [3.05, 3.63) is 35.9 Å². The Kier molecular flexibility index (Phi) is 2.85. The fourth-order valence-electron chi connectivity index (χ4n) is 1.91. The third kappa shape index (κ3) is 1.89. The number of aliphatic hydroxyl groups is 1. The van der Waals surface area contributed by atoms with Gasteiger partial charge < -0.3 is 14.6 Å². The average molecular weight is 236 g/mol. The Hall–Kier alpha value is -1.88. The number of esters is 2. The minimum atomic E-state index is -1.94. The van der Waals surface area contributed by atoms with E-state index in [2.05, 4.69) is 4.74 Å². The summed E-state index contributed by atoms with van der Waals surface area (Å²) in [7, 11) is 1.16. The molecule has 5 nitrogen and oxygen atoms in total. The number of methoxy groups -OCH3 is 1. The van der Waals surface area contributed by atoms with Crippen molar-refractivity contribution in [1.82, 2.24) is 0 Å². The molecule has 2 atom stereocenters. The fourth-order valence-corrected chi connectivity index (χ4v) is 1.91. The molecular formula is C12H12O5. The molecule has 1 aliphatic rings. The van der Waals surface area contributed by atoms with Crippen LogP contribution in [0.4, 0.5) is 0 Å².